The molecule has 0 fully saturated rings. The van der Waals surface area contributed by atoms with Crippen LogP contribution in [-0.2, 0) is 4.79 Å². The molecule has 2 aromatic rings. The zero-order valence-corrected chi connectivity index (χ0v) is 13.7. The third-order valence-corrected chi connectivity index (χ3v) is 4.45. The largest absolute Gasteiger partial charge is 0.353 e. The number of amides is 1. The SMILES string of the molecule is CC(C)[C@H](C)NC(=O)CSc1nc2ccccc2c(=O)n1N. The van der Waals surface area contributed by atoms with Crippen LogP contribution < -0.4 is 16.7 Å². The van der Waals surface area contributed by atoms with Gasteiger partial charge >= 0.3 is 0 Å². The van der Waals surface area contributed by atoms with Gasteiger partial charge in [0.15, 0.2) is 5.16 Å². The predicted molar refractivity (Wildman–Crippen MR) is 89.3 cm³/mol. The highest BCUT2D eigenvalue weighted by Crippen LogP contribution is 2.16. The van der Waals surface area contributed by atoms with Crippen LogP contribution in [0, 0.1) is 5.92 Å². The molecular formula is C15H20N4O2S. The van der Waals surface area contributed by atoms with E-state index in [1.165, 1.54) is 0 Å². The van der Waals surface area contributed by atoms with Crippen LogP contribution in [0.3, 0.4) is 0 Å². The van der Waals surface area contributed by atoms with Crippen molar-refractivity contribution in [2.24, 2.45) is 5.92 Å². The Morgan fingerprint density at radius 3 is 2.73 bits per heavy atom. The Morgan fingerprint density at radius 1 is 1.36 bits per heavy atom. The zero-order chi connectivity index (χ0) is 16.3. The number of fused-ring (bicyclic) bond motifs is 1. The molecule has 0 unspecified atom stereocenters. The third-order valence-electron chi connectivity index (χ3n) is 3.50. The second-order valence-electron chi connectivity index (χ2n) is 5.48. The Bertz CT molecular complexity index is 742. The van der Waals surface area contributed by atoms with Crippen molar-refractivity contribution in [1.82, 2.24) is 15.0 Å². The molecule has 6 nitrogen and oxygen atoms in total. The van der Waals surface area contributed by atoms with Gasteiger partial charge in [-0.15, -0.1) is 0 Å². The van der Waals surface area contributed by atoms with E-state index in [0.29, 0.717) is 22.0 Å². The summed E-state index contributed by atoms with van der Waals surface area (Å²) in [4.78, 5) is 28.4. The minimum Gasteiger partial charge on any atom is -0.353 e. The molecule has 0 saturated carbocycles. The molecule has 7 heteroatoms. The molecule has 1 aromatic heterocycles. The van der Waals surface area contributed by atoms with Crippen molar-refractivity contribution >= 4 is 28.6 Å². The first kappa shape index (κ1) is 16.4. The number of hydrogen-bond donors (Lipinski definition) is 2. The highest BCUT2D eigenvalue weighted by molar-refractivity contribution is 7.99. The molecule has 0 bridgehead atoms. The second kappa shape index (κ2) is 6.83. The lowest BCUT2D eigenvalue weighted by Crippen LogP contribution is -2.37. The van der Waals surface area contributed by atoms with Gasteiger partial charge in [0, 0.05) is 6.04 Å². The molecule has 3 N–H and O–H groups in total. The smallest absolute Gasteiger partial charge is 0.280 e. The Balaban J connectivity index is 2.14. The van der Waals surface area contributed by atoms with Crippen LogP contribution in [0.15, 0.2) is 34.2 Å². The number of nitrogen functional groups attached to an aromatic ring is 1. The Morgan fingerprint density at radius 2 is 2.05 bits per heavy atom. The number of aromatic nitrogens is 2. The van der Waals surface area contributed by atoms with Gasteiger partial charge < -0.3 is 11.2 Å². The van der Waals surface area contributed by atoms with Crippen LogP contribution in [0.1, 0.15) is 20.8 Å². The Kier molecular flexibility index (Phi) is 5.07. The van der Waals surface area contributed by atoms with E-state index < -0.39 is 0 Å². The van der Waals surface area contributed by atoms with E-state index in [9.17, 15) is 9.59 Å². The van der Waals surface area contributed by atoms with E-state index in [0.717, 1.165) is 16.4 Å². The fourth-order valence-corrected chi connectivity index (χ4v) is 2.55. The number of carbonyl (C=O) groups is 1. The van der Waals surface area contributed by atoms with Crippen LogP contribution >= 0.6 is 11.8 Å². The molecule has 0 saturated heterocycles. The van der Waals surface area contributed by atoms with Crippen molar-refractivity contribution in [3.8, 4) is 0 Å². The molecule has 2 rings (SSSR count). The maximum atomic E-state index is 12.1. The van der Waals surface area contributed by atoms with Crippen molar-refractivity contribution in [1.29, 1.82) is 0 Å². The number of para-hydroxylation sites is 1. The van der Waals surface area contributed by atoms with Crippen molar-refractivity contribution in [2.75, 3.05) is 11.6 Å². The average molecular weight is 320 g/mol. The fourth-order valence-electron chi connectivity index (χ4n) is 1.82. The molecule has 1 aromatic carbocycles. The summed E-state index contributed by atoms with van der Waals surface area (Å²) in [6.45, 7) is 6.04. The van der Waals surface area contributed by atoms with E-state index >= 15 is 0 Å². The number of thioether (sulfide) groups is 1. The minimum absolute atomic E-state index is 0.0951. The number of nitrogens with two attached hydrogens (primary N) is 1. The standard InChI is InChI=1S/C15H20N4O2S/c1-9(2)10(3)17-13(20)8-22-15-18-12-7-5-4-6-11(12)14(21)19(15)16/h4-7,9-10H,8,16H2,1-3H3,(H,17,20)/t10-/m0/s1. The van der Waals surface area contributed by atoms with Gasteiger partial charge in [0.05, 0.1) is 16.7 Å². The number of carbonyl (C=O) groups excluding carboxylic acids is 1. The van der Waals surface area contributed by atoms with Crippen LogP contribution in [-0.4, -0.2) is 27.4 Å². The minimum atomic E-state index is -0.316. The van der Waals surface area contributed by atoms with E-state index in [1.54, 1.807) is 24.3 Å². The normalized spacial score (nSPS) is 12.5. The summed E-state index contributed by atoms with van der Waals surface area (Å²) >= 11 is 1.15. The zero-order valence-electron chi connectivity index (χ0n) is 12.9. The lowest BCUT2D eigenvalue weighted by molar-refractivity contribution is -0.119. The Hall–Kier alpha value is -2.02. The number of rotatable bonds is 5. The lowest BCUT2D eigenvalue weighted by atomic mass is 10.1. The van der Waals surface area contributed by atoms with E-state index in [1.807, 2.05) is 20.8 Å². The lowest BCUT2D eigenvalue weighted by Gasteiger charge is -2.17. The summed E-state index contributed by atoms with van der Waals surface area (Å²) in [5.41, 5.74) is 0.261. The first-order valence-corrected chi connectivity index (χ1v) is 8.07. The monoisotopic (exact) mass is 320 g/mol. The number of nitrogens with one attached hydrogen (secondary N) is 1. The molecule has 0 aliphatic heterocycles. The first-order chi connectivity index (χ1) is 10.4. The number of benzene rings is 1. The first-order valence-electron chi connectivity index (χ1n) is 7.09. The van der Waals surface area contributed by atoms with Gasteiger partial charge in [-0.1, -0.05) is 37.7 Å². The van der Waals surface area contributed by atoms with Gasteiger partial charge in [0.2, 0.25) is 5.91 Å². The van der Waals surface area contributed by atoms with Gasteiger partial charge in [-0.25, -0.2) is 9.66 Å². The maximum Gasteiger partial charge on any atom is 0.280 e. The maximum absolute atomic E-state index is 12.1. The summed E-state index contributed by atoms with van der Waals surface area (Å²) in [7, 11) is 0. The molecule has 0 aliphatic rings. The van der Waals surface area contributed by atoms with Gasteiger partial charge in [-0.2, -0.15) is 0 Å². The number of hydrogen-bond acceptors (Lipinski definition) is 5. The topological polar surface area (TPSA) is 90.0 Å². The van der Waals surface area contributed by atoms with Gasteiger partial charge in [0.1, 0.15) is 0 Å². The van der Waals surface area contributed by atoms with Crippen LogP contribution in [0.2, 0.25) is 0 Å². The fraction of sp³-hybridized carbons (Fsp3) is 0.400. The molecule has 0 spiro atoms. The summed E-state index contributed by atoms with van der Waals surface area (Å²) in [5, 5.41) is 3.70. The van der Waals surface area contributed by atoms with Crippen molar-refractivity contribution < 1.29 is 4.79 Å². The molecule has 0 radical (unpaired) electrons. The summed E-state index contributed by atoms with van der Waals surface area (Å²) in [5.74, 6) is 6.20. The molecule has 1 atom stereocenters. The summed E-state index contributed by atoms with van der Waals surface area (Å²) in [6, 6.07) is 7.10. The van der Waals surface area contributed by atoms with Crippen molar-refractivity contribution in [2.45, 2.75) is 32.0 Å². The highest BCUT2D eigenvalue weighted by Gasteiger charge is 2.14. The van der Waals surface area contributed by atoms with Crippen molar-refractivity contribution in [3.05, 3.63) is 34.6 Å². The molecule has 0 aliphatic carbocycles. The molecule has 118 valence electrons. The predicted octanol–water partition coefficient (Wildman–Crippen LogP) is 1.36. The van der Waals surface area contributed by atoms with Crippen LogP contribution in [0.5, 0.6) is 0 Å². The van der Waals surface area contributed by atoms with Gasteiger partial charge in [0.25, 0.3) is 5.56 Å². The van der Waals surface area contributed by atoms with Crippen LogP contribution in [0.25, 0.3) is 10.9 Å². The van der Waals surface area contributed by atoms with E-state index in [4.69, 9.17) is 5.84 Å². The molecule has 22 heavy (non-hydrogen) atoms. The van der Waals surface area contributed by atoms with E-state index in [-0.39, 0.29) is 23.3 Å². The second-order valence-corrected chi connectivity index (χ2v) is 6.42. The van der Waals surface area contributed by atoms with Crippen LogP contribution in [0.4, 0.5) is 0 Å². The average Bonchev–Trinajstić information content (AvgIpc) is 2.49. The summed E-state index contributed by atoms with van der Waals surface area (Å²) < 4.78 is 0.992. The quantitative estimate of drug-likeness (QED) is 0.493. The summed E-state index contributed by atoms with van der Waals surface area (Å²) in [6.07, 6.45) is 0. The molecular weight excluding hydrogens is 300 g/mol. The molecule has 1 amide bonds. The molecule has 1 heterocycles. The van der Waals surface area contributed by atoms with Gasteiger partial charge in [-0.3, -0.25) is 9.59 Å². The van der Waals surface area contributed by atoms with Crippen molar-refractivity contribution in [3.63, 3.8) is 0 Å². The van der Waals surface area contributed by atoms with Gasteiger partial charge in [-0.05, 0) is 25.0 Å². The highest BCUT2D eigenvalue weighted by atomic mass is 32.2. The number of nitrogens with zero attached hydrogens (tertiary/aromatic N) is 2. The Labute approximate surface area is 133 Å². The van der Waals surface area contributed by atoms with E-state index in [2.05, 4.69) is 10.3 Å². The third kappa shape index (κ3) is 3.59.